The molecule has 0 bridgehead atoms. The molecule has 0 aliphatic carbocycles. The Kier molecular flexibility index (Phi) is 4.63. The van der Waals surface area contributed by atoms with Crippen LogP contribution in [0.5, 0.6) is 0 Å². The monoisotopic (exact) mass is 322 g/mol. The predicted molar refractivity (Wildman–Crippen MR) is 94.7 cm³/mol. The molecule has 0 atom stereocenters. The number of aldehydes is 1. The molecule has 0 aliphatic heterocycles. The summed E-state index contributed by atoms with van der Waals surface area (Å²) in [6, 6.07) is 11.7. The highest BCUT2D eigenvalue weighted by molar-refractivity contribution is 7.18. The van der Waals surface area contributed by atoms with Crippen molar-refractivity contribution in [3.8, 4) is 21.1 Å². The summed E-state index contributed by atoms with van der Waals surface area (Å²) in [5.41, 5.74) is 3.90. The van der Waals surface area contributed by atoms with Crippen LogP contribution < -0.4 is 0 Å². The molecule has 0 spiro atoms. The summed E-state index contributed by atoms with van der Waals surface area (Å²) in [6.07, 6.45) is 5.70. The van der Waals surface area contributed by atoms with Crippen LogP contribution >= 0.6 is 11.3 Å². The number of benzene rings is 1. The van der Waals surface area contributed by atoms with E-state index in [0.717, 1.165) is 33.8 Å². The Morgan fingerprint density at radius 3 is 2.43 bits per heavy atom. The number of pyridine rings is 1. The minimum atomic E-state index is 0.631. The van der Waals surface area contributed by atoms with Gasteiger partial charge >= 0.3 is 0 Å². The highest BCUT2D eigenvalue weighted by Crippen LogP contribution is 2.31. The maximum Gasteiger partial charge on any atom is 0.150 e. The van der Waals surface area contributed by atoms with Gasteiger partial charge in [-0.25, -0.2) is 4.98 Å². The van der Waals surface area contributed by atoms with Gasteiger partial charge in [-0.3, -0.25) is 9.78 Å². The summed E-state index contributed by atoms with van der Waals surface area (Å²) >= 11 is 1.61. The average molecular weight is 322 g/mol. The second kappa shape index (κ2) is 6.84. The van der Waals surface area contributed by atoms with Crippen LogP contribution in [0.2, 0.25) is 0 Å². The summed E-state index contributed by atoms with van der Waals surface area (Å²) < 4.78 is 0. The van der Waals surface area contributed by atoms with Crippen molar-refractivity contribution < 1.29 is 4.79 Å². The molecule has 0 amide bonds. The van der Waals surface area contributed by atoms with Crippen LogP contribution in [0.1, 0.15) is 29.8 Å². The minimum Gasteiger partial charge on any atom is -0.298 e. The Labute approximate surface area is 140 Å². The molecule has 0 fully saturated rings. The topological polar surface area (TPSA) is 42.9 Å². The zero-order valence-corrected chi connectivity index (χ0v) is 14.0. The molecular formula is C19H18N2OS. The quantitative estimate of drug-likeness (QED) is 0.629. The second-order valence-electron chi connectivity index (χ2n) is 5.92. The van der Waals surface area contributed by atoms with Gasteiger partial charge < -0.3 is 0 Å². The Hall–Kier alpha value is -2.33. The summed E-state index contributed by atoms with van der Waals surface area (Å²) in [5.74, 6) is 0.631. The molecule has 1 aromatic carbocycles. The second-order valence-corrected chi connectivity index (χ2v) is 6.95. The first-order valence-electron chi connectivity index (χ1n) is 7.62. The van der Waals surface area contributed by atoms with Gasteiger partial charge in [0.2, 0.25) is 0 Å². The number of nitrogens with zero attached hydrogens (tertiary/aromatic N) is 2. The third-order valence-corrected chi connectivity index (χ3v) is 4.59. The summed E-state index contributed by atoms with van der Waals surface area (Å²) in [6.45, 7) is 4.42. The molecule has 3 rings (SSSR count). The highest BCUT2D eigenvalue weighted by atomic mass is 32.1. The number of rotatable bonds is 5. The van der Waals surface area contributed by atoms with Gasteiger partial charge in [0.1, 0.15) is 11.3 Å². The lowest BCUT2D eigenvalue weighted by Gasteiger charge is -2.04. The van der Waals surface area contributed by atoms with Crippen molar-refractivity contribution in [3.05, 3.63) is 59.9 Å². The van der Waals surface area contributed by atoms with Crippen LogP contribution in [0.3, 0.4) is 0 Å². The Bertz CT molecular complexity index is 789. The Balaban J connectivity index is 1.81. The molecule has 2 heterocycles. The van der Waals surface area contributed by atoms with E-state index in [2.05, 4.69) is 35.9 Å². The summed E-state index contributed by atoms with van der Waals surface area (Å²) in [5, 5.41) is 0.936. The molecule has 3 aromatic rings. The van der Waals surface area contributed by atoms with Gasteiger partial charge in [0.05, 0.1) is 10.6 Å². The van der Waals surface area contributed by atoms with Gasteiger partial charge in [-0.2, -0.15) is 0 Å². The van der Waals surface area contributed by atoms with Crippen LogP contribution in [0.15, 0.2) is 48.8 Å². The number of thiazole rings is 1. The summed E-state index contributed by atoms with van der Waals surface area (Å²) in [4.78, 5) is 20.8. The van der Waals surface area contributed by atoms with Crippen molar-refractivity contribution >= 4 is 17.6 Å². The van der Waals surface area contributed by atoms with Crippen LogP contribution in [0.4, 0.5) is 0 Å². The van der Waals surface area contributed by atoms with Gasteiger partial charge in [0.15, 0.2) is 0 Å². The zero-order valence-electron chi connectivity index (χ0n) is 13.2. The first-order valence-corrected chi connectivity index (χ1v) is 8.44. The van der Waals surface area contributed by atoms with Crippen molar-refractivity contribution in [1.29, 1.82) is 0 Å². The van der Waals surface area contributed by atoms with Gasteiger partial charge in [-0.15, -0.1) is 11.3 Å². The first kappa shape index (κ1) is 15.6. The lowest BCUT2D eigenvalue weighted by atomic mass is 10.0. The lowest BCUT2D eigenvalue weighted by Crippen LogP contribution is -1.94. The first-order chi connectivity index (χ1) is 11.2. The normalized spacial score (nSPS) is 10.9. The molecule has 0 saturated carbocycles. The maximum atomic E-state index is 10.7. The molecule has 0 radical (unpaired) electrons. The van der Waals surface area contributed by atoms with Crippen LogP contribution in [0, 0.1) is 5.92 Å². The smallest absolute Gasteiger partial charge is 0.150 e. The number of carbonyl (C=O) groups excluding carboxylic acids is 1. The fraction of sp³-hybridized carbons (Fsp3) is 0.211. The van der Waals surface area contributed by atoms with E-state index >= 15 is 0 Å². The highest BCUT2D eigenvalue weighted by Gasteiger charge is 2.08. The lowest BCUT2D eigenvalue weighted by molar-refractivity contribution is 0.112. The third kappa shape index (κ3) is 3.71. The van der Waals surface area contributed by atoms with Crippen LogP contribution in [-0.2, 0) is 6.42 Å². The Morgan fingerprint density at radius 1 is 1.04 bits per heavy atom. The van der Waals surface area contributed by atoms with E-state index in [-0.39, 0.29) is 0 Å². The molecule has 116 valence electrons. The van der Waals surface area contributed by atoms with Crippen molar-refractivity contribution in [2.45, 2.75) is 20.3 Å². The number of hydrogen-bond acceptors (Lipinski definition) is 4. The van der Waals surface area contributed by atoms with Crippen LogP contribution in [-0.4, -0.2) is 16.3 Å². The Morgan fingerprint density at radius 2 is 1.83 bits per heavy atom. The van der Waals surface area contributed by atoms with Gasteiger partial charge in [-0.1, -0.05) is 44.2 Å². The number of aromatic nitrogens is 2. The van der Waals surface area contributed by atoms with Crippen molar-refractivity contribution in [1.82, 2.24) is 9.97 Å². The standard InChI is InChI=1S/C19H18N2OS/c1-13(2)9-15-5-8-17(20-10-15)18-11-21-19(23-18)16-6-3-14(12-22)4-7-16/h3-8,10-13H,9H2,1-2H3. The van der Waals surface area contributed by atoms with E-state index < -0.39 is 0 Å². The fourth-order valence-electron chi connectivity index (χ4n) is 2.39. The molecule has 4 heteroatoms. The molecular weight excluding hydrogens is 304 g/mol. The van der Waals surface area contributed by atoms with E-state index in [0.29, 0.717) is 11.5 Å². The van der Waals surface area contributed by atoms with E-state index in [1.807, 2.05) is 36.7 Å². The third-order valence-electron chi connectivity index (χ3n) is 3.52. The van der Waals surface area contributed by atoms with Gasteiger partial charge in [0, 0.05) is 23.5 Å². The SMILES string of the molecule is CC(C)Cc1ccc(-c2cnc(-c3ccc(C=O)cc3)s2)nc1. The molecule has 0 saturated heterocycles. The molecule has 3 nitrogen and oxygen atoms in total. The molecule has 2 aromatic heterocycles. The van der Waals surface area contributed by atoms with Crippen molar-refractivity contribution in [2.24, 2.45) is 5.92 Å². The van der Waals surface area contributed by atoms with Crippen molar-refractivity contribution in [2.75, 3.05) is 0 Å². The molecule has 0 unspecified atom stereocenters. The summed E-state index contributed by atoms with van der Waals surface area (Å²) in [7, 11) is 0. The predicted octanol–water partition coefficient (Wildman–Crippen LogP) is 4.88. The van der Waals surface area contributed by atoms with Crippen LogP contribution in [0.25, 0.3) is 21.1 Å². The maximum absolute atomic E-state index is 10.7. The molecule has 23 heavy (non-hydrogen) atoms. The van der Waals surface area contributed by atoms with Gasteiger partial charge in [0.25, 0.3) is 0 Å². The van der Waals surface area contributed by atoms with Gasteiger partial charge in [-0.05, 0) is 24.0 Å². The van der Waals surface area contributed by atoms with E-state index in [9.17, 15) is 4.79 Å². The molecule has 0 aliphatic rings. The number of hydrogen-bond donors (Lipinski definition) is 0. The zero-order chi connectivity index (χ0) is 16.2. The molecule has 0 N–H and O–H groups in total. The average Bonchev–Trinajstić information content (AvgIpc) is 3.05. The van der Waals surface area contributed by atoms with Crippen molar-refractivity contribution in [3.63, 3.8) is 0 Å². The fourth-order valence-corrected chi connectivity index (χ4v) is 3.29. The van der Waals surface area contributed by atoms with E-state index in [1.165, 1.54) is 5.56 Å². The minimum absolute atomic E-state index is 0.631. The van der Waals surface area contributed by atoms with E-state index in [4.69, 9.17) is 0 Å². The van der Waals surface area contributed by atoms with E-state index in [1.54, 1.807) is 11.3 Å². The number of carbonyl (C=O) groups is 1. The largest absolute Gasteiger partial charge is 0.298 e.